The fraction of sp³-hybridized carbons (Fsp3) is 0.644. The maximum Gasteiger partial charge on any atom is 0.306 e. The lowest BCUT2D eigenvalue weighted by molar-refractivity contribution is -0.870. The molecule has 0 bridgehead atoms. The summed E-state index contributed by atoms with van der Waals surface area (Å²) in [4.78, 5) is 40.1. The fourth-order valence-corrected chi connectivity index (χ4v) is 9.45. The zero-order valence-electron chi connectivity index (χ0n) is 53.8. The van der Waals surface area contributed by atoms with Gasteiger partial charge in [-0.1, -0.05) is 257 Å². The Bertz CT molecular complexity index is 1930. The summed E-state index contributed by atoms with van der Waals surface area (Å²) in [6.07, 6.45) is 88.1. The number of phosphoric ester groups is 1. The molecule has 10 heteroatoms. The second kappa shape index (κ2) is 61.0. The summed E-state index contributed by atoms with van der Waals surface area (Å²) in [6.45, 7) is 6.57. The molecule has 0 aromatic carbocycles. The van der Waals surface area contributed by atoms with Gasteiger partial charge in [0.2, 0.25) is 5.91 Å². The van der Waals surface area contributed by atoms with Crippen LogP contribution in [0.3, 0.4) is 0 Å². The number of allylic oxidation sites excluding steroid dienone is 23. The second-order valence-electron chi connectivity index (χ2n) is 22.9. The van der Waals surface area contributed by atoms with Crippen molar-refractivity contribution in [2.45, 2.75) is 264 Å². The molecule has 9 nitrogen and oxygen atoms in total. The number of hydrogen-bond donors (Lipinski definition) is 1. The zero-order chi connectivity index (χ0) is 60.7. The van der Waals surface area contributed by atoms with Crippen LogP contribution in [0.15, 0.2) is 146 Å². The maximum atomic E-state index is 13.6. The normalized spacial score (nSPS) is 14.5. The average molecular weight is 1170 g/mol. The summed E-state index contributed by atoms with van der Waals surface area (Å²) in [5.41, 5.74) is 0. The number of esters is 1. The third-order valence-electron chi connectivity index (χ3n) is 13.8. The van der Waals surface area contributed by atoms with E-state index in [0.717, 1.165) is 148 Å². The minimum absolute atomic E-state index is 0.0395. The number of carbonyl (C=O) groups excluding carboxylic acids is 2. The Hall–Kier alpha value is -4.11. The van der Waals surface area contributed by atoms with E-state index in [2.05, 4.69) is 160 Å². The van der Waals surface area contributed by atoms with E-state index in [1.165, 1.54) is 57.8 Å². The number of ether oxygens (including phenoxy) is 1. The van der Waals surface area contributed by atoms with Gasteiger partial charge < -0.3 is 28.5 Å². The first-order chi connectivity index (χ1) is 40.4. The van der Waals surface area contributed by atoms with Crippen LogP contribution in [0.2, 0.25) is 0 Å². The maximum absolute atomic E-state index is 13.6. The van der Waals surface area contributed by atoms with Crippen LogP contribution in [0.25, 0.3) is 0 Å². The molecule has 0 rings (SSSR count). The molecule has 0 heterocycles. The topological polar surface area (TPSA) is 114 Å². The van der Waals surface area contributed by atoms with Crippen LogP contribution in [0.5, 0.6) is 0 Å². The predicted octanol–water partition coefficient (Wildman–Crippen LogP) is 20.4. The molecule has 1 amide bonds. The molecule has 0 spiro atoms. The number of amides is 1. The second-order valence-corrected chi connectivity index (χ2v) is 24.3. The third-order valence-corrected chi connectivity index (χ3v) is 14.7. The van der Waals surface area contributed by atoms with Crippen LogP contribution in [-0.4, -0.2) is 69.4 Å². The van der Waals surface area contributed by atoms with Gasteiger partial charge in [-0.05, 0) is 128 Å². The van der Waals surface area contributed by atoms with Gasteiger partial charge in [0.1, 0.15) is 19.3 Å². The Kier molecular flexibility index (Phi) is 58.0. The van der Waals surface area contributed by atoms with Gasteiger partial charge in [-0.2, -0.15) is 0 Å². The van der Waals surface area contributed by atoms with Crippen LogP contribution in [0, 0.1) is 0 Å². The first kappa shape index (κ1) is 78.9. The van der Waals surface area contributed by atoms with Crippen molar-refractivity contribution in [3.8, 4) is 0 Å². The summed E-state index contributed by atoms with van der Waals surface area (Å²) in [6, 6.07) is -0.923. The largest absolute Gasteiger partial charge is 0.756 e. The first-order valence-corrected chi connectivity index (χ1v) is 34.6. The van der Waals surface area contributed by atoms with Crippen molar-refractivity contribution in [3.05, 3.63) is 146 Å². The van der Waals surface area contributed by atoms with E-state index in [-0.39, 0.29) is 31.3 Å². The van der Waals surface area contributed by atoms with Crippen LogP contribution in [0.4, 0.5) is 0 Å². The van der Waals surface area contributed by atoms with Crippen LogP contribution in [-0.2, 0) is 27.9 Å². The molecule has 0 aromatic heterocycles. The predicted molar refractivity (Wildman–Crippen MR) is 357 cm³/mol. The summed E-state index contributed by atoms with van der Waals surface area (Å²) in [7, 11) is 1.13. The zero-order valence-corrected chi connectivity index (χ0v) is 54.7. The van der Waals surface area contributed by atoms with Crippen LogP contribution in [0.1, 0.15) is 252 Å². The molecule has 0 aliphatic rings. The van der Waals surface area contributed by atoms with Gasteiger partial charge in [-0.3, -0.25) is 14.2 Å². The quantitative estimate of drug-likeness (QED) is 0.0212. The molecular weight excluding hydrogens is 1050 g/mol. The van der Waals surface area contributed by atoms with Crippen molar-refractivity contribution < 1.29 is 37.3 Å². The minimum Gasteiger partial charge on any atom is -0.756 e. The van der Waals surface area contributed by atoms with Crippen LogP contribution < -0.4 is 10.2 Å². The Labute approximate surface area is 510 Å². The molecule has 0 radical (unpaired) electrons. The number of likely N-dealkylation sites (N-methyl/N-ethyl adjacent to an activating group) is 1. The first-order valence-electron chi connectivity index (χ1n) is 33.1. The van der Waals surface area contributed by atoms with Crippen molar-refractivity contribution in [1.29, 1.82) is 0 Å². The van der Waals surface area contributed by atoms with Crippen molar-refractivity contribution in [2.75, 3.05) is 40.9 Å². The third kappa shape index (κ3) is 62.2. The summed E-state index contributed by atoms with van der Waals surface area (Å²) >= 11 is 0. The molecule has 3 atom stereocenters. The van der Waals surface area contributed by atoms with E-state index in [1.54, 1.807) is 0 Å². The number of rotatable bonds is 58. The van der Waals surface area contributed by atoms with Gasteiger partial charge in [-0.15, -0.1) is 0 Å². The van der Waals surface area contributed by atoms with E-state index in [0.29, 0.717) is 23.9 Å². The van der Waals surface area contributed by atoms with Gasteiger partial charge >= 0.3 is 5.97 Å². The summed E-state index contributed by atoms with van der Waals surface area (Å²) in [5, 5.41) is 3.02. The van der Waals surface area contributed by atoms with Crippen molar-refractivity contribution >= 4 is 19.7 Å². The highest BCUT2D eigenvalue weighted by molar-refractivity contribution is 7.45. The standard InChI is InChI=1S/C73H123N2O7P/c1-7-10-13-16-19-22-25-28-30-32-34-35-36-37-38-39-41-42-44-47-50-53-56-59-62-65-72(76)74-70(69-81-83(78,79)80-68-67-75(4,5)6)71(64-61-58-55-52-49-46-27-24-21-18-15-12-9-3)82-73(77)66-63-60-57-54-51-48-45-43-40-33-31-29-26-23-20-17-14-11-8-2/h10-11,13-14,19-20,22-23,28-31,34-35,37-38,40-43,48,51,61,64,70-71H,7-9,12,15-18,21,24-27,32-33,36,39,44-47,49-50,52-60,62-63,65-69H2,1-6H3,(H-,74,76,78,79)/b13-10-,14-11-,22-19-,23-20-,30-28-,31-29-,35-34-,38-37-,42-41-,43-40-,51-48-,64-61-. The number of nitrogens with zero attached hydrogens (tertiary/aromatic N) is 1. The lowest BCUT2D eigenvalue weighted by Crippen LogP contribution is -2.47. The summed E-state index contributed by atoms with van der Waals surface area (Å²) < 4.78 is 30.4. The molecule has 0 saturated heterocycles. The van der Waals surface area contributed by atoms with E-state index in [1.807, 2.05) is 33.3 Å². The molecule has 0 aromatic rings. The number of quaternary nitrogens is 1. The highest BCUT2D eigenvalue weighted by Crippen LogP contribution is 2.38. The smallest absolute Gasteiger partial charge is 0.306 e. The molecule has 0 saturated carbocycles. The number of hydrogen-bond acceptors (Lipinski definition) is 7. The average Bonchev–Trinajstić information content (AvgIpc) is 3.46. The molecular formula is C73H123N2O7P. The fourth-order valence-electron chi connectivity index (χ4n) is 8.73. The number of unbranched alkanes of at least 4 members (excludes halogenated alkanes) is 20. The van der Waals surface area contributed by atoms with Gasteiger partial charge in [-0.25, -0.2) is 0 Å². The number of carbonyl (C=O) groups is 2. The summed E-state index contributed by atoms with van der Waals surface area (Å²) in [5.74, 6) is -0.605. The van der Waals surface area contributed by atoms with Gasteiger partial charge in [0, 0.05) is 12.8 Å². The highest BCUT2D eigenvalue weighted by atomic mass is 31.2. The van der Waals surface area contributed by atoms with E-state index in [9.17, 15) is 19.0 Å². The number of nitrogens with one attached hydrogen (secondary N) is 1. The van der Waals surface area contributed by atoms with Crippen molar-refractivity contribution in [3.63, 3.8) is 0 Å². The van der Waals surface area contributed by atoms with Crippen molar-refractivity contribution in [1.82, 2.24) is 5.32 Å². The molecule has 0 fully saturated rings. The Morgan fingerprint density at radius 1 is 0.434 bits per heavy atom. The Morgan fingerprint density at radius 2 is 0.771 bits per heavy atom. The van der Waals surface area contributed by atoms with Crippen molar-refractivity contribution in [2.24, 2.45) is 0 Å². The van der Waals surface area contributed by atoms with E-state index in [4.69, 9.17) is 13.8 Å². The molecule has 0 aliphatic heterocycles. The minimum atomic E-state index is -4.73. The van der Waals surface area contributed by atoms with E-state index >= 15 is 0 Å². The highest BCUT2D eigenvalue weighted by Gasteiger charge is 2.27. The molecule has 0 aliphatic carbocycles. The molecule has 1 N–H and O–H groups in total. The monoisotopic (exact) mass is 1170 g/mol. The van der Waals surface area contributed by atoms with Gasteiger partial charge in [0.05, 0.1) is 33.8 Å². The lowest BCUT2D eigenvalue weighted by Gasteiger charge is -2.30. The SMILES string of the molecule is CC/C=C\C/C=C\C/C=C\C/C=C\C/C=C\C/C=C\CCCCCCCCC(=O)NC(COP(=O)([O-])OCC[N+](C)(C)C)C(/C=C\CCCCCCCCCCCCC)OC(=O)CCCCC/C=C\C/C=C\C/C=C\C/C=C\C/C=C\CC. The van der Waals surface area contributed by atoms with Gasteiger partial charge in [0.15, 0.2) is 0 Å². The Balaban J connectivity index is 5.30. The van der Waals surface area contributed by atoms with Crippen LogP contribution >= 0.6 is 7.82 Å². The van der Waals surface area contributed by atoms with E-state index < -0.39 is 26.6 Å². The molecule has 83 heavy (non-hydrogen) atoms. The molecule has 3 unspecified atom stereocenters. The number of phosphoric acid groups is 1. The Morgan fingerprint density at radius 3 is 1.17 bits per heavy atom. The molecule has 472 valence electrons. The van der Waals surface area contributed by atoms with Gasteiger partial charge in [0.25, 0.3) is 7.82 Å². The lowest BCUT2D eigenvalue weighted by atomic mass is 10.0.